The standard InChI is InChI=1S/C12H17N3O4S/c1-20-8-4-2-3-7-13-11-10(15(18)19)6-5-9(14-11)12(16)17/h5-6H,2-4,7-8H2,1H3,(H,13,14)(H,16,17). The Balaban J connectivity index is 2.63. The van der Waals surface area contributed by atoms with Crippen molar-refractivity contribution < 1.29 is 14.8 Å². The number of nitrogens with one attached hydrogen (secondary N) is 1. The van der Waals surface area contributed by atoms with Crippen LogP contribution in [-0.2, 0) is 0 Å². The summed E-state index contributed by atoms with van der Waals surface area (Å²) in [4.78, 5) is 24.9. The van der Waals surface area contributed by atoms with Gasteiger partial charge in [0, 0.05) is 12.6 Å². The number of nitro groups is 1. The molecule has 0 aliphatic rings. The highest BCUT2D eigenvalue weighted by atomic mass is 32.2. The minimum Gasteiger partial charge on any atom is -0.477 e. The van der Waals surface area contributed by atoms with E-state index in [9.17, 15) is 14.9 Å². The van der Waals surface area contributed by atoms with Crippen LogP contribution in [0.3, 0.4) is 0 Å². The van der Waals surface area contributed by atoms with Crippen LogP contribution in [0, 0.1) is 10.1 Å². The van der Waals surface area contributed by atoms with Crippen LogP contribution in [0.4, 0.5) is 11.5 Å². The molecule has 0 fully saturated rings. The van der Waals surface area contributed by atoms with Crippen LogP contribution in [0.1, 0.15) is 29.8 Å². The summed E-state index contributed by atoms with van der Waals surface area (Å²) in [6, 6.07) is 2.29. The lowest BCUT2D eigenvalue weighted by atomic mass is 10.2. The maximum atomic E-state index is 10.9. The zero-order valence-corrected chi connectivity index (χ0v) is 12.0. The molecule has 1 rings (SSSR count). The average molecular weight is 299 g/mol. The number of thioether (sulfide) groups is 1. The van der Waals surface area contributed by atoms with Crippen LogP contribution < -0.4 is 5.32 Å². The van der Waals surface area contributed by atoms with Gasteiger partial charge in [-0.25, -0.2) is 9.78 Å². The van der Waals surface area contributed by atoms with E-state index < -0.39 is 10.9 Å². The molecule has 0 aliphatic heterocycles. The van der Waals surface area contributed by atoms with Crippen molar-refractivity contribution >= 4 is 29.2 Å². The molecule has 20 heavy (non-hydrogen) atoms. The van der Waals surface area contributed by atoms with Crippen molar-refractivity contribution in [2.75, 3.05) is 23.9 Å². The SMILES string of the molecule is CSCCCCCNc1nc(C(=O)O)ccc1[N+](=O)[O-]. The number of pyridine rings is 1. The average Bonchev–Trinajstić information content (AvgIpc) is 2.42. The predicted molar refractivity (Wildman–Crippen MR) is 78.6 cm³/mol. The number of carbonyl (C=O) groups is 1. The minimum absolute atomic E-state index is 0.0137. The largest absolute Gasteiger partial charge is 0.477 e. The van der Waals surface area contributed by atoms with Crippen LogP contribution in [-0.4, -0.2) is 39.5 Å². The second-order valence-corrected chi connectivity index (χ2v) is 5.09. The first-order chi connectivity index (χ1) is 9.56. The second-order valence-electron chi connectivity index (χ2n) is 4.11. The number of anilines is 1. The fraction of sp³-hybridized carbons (Fsp3) is 0.500. The fourth-order valence-corrected chi connectivity index (χ4v) is 2.10. The number of aromatic nitrogens is 1. The second kappa shape index (κ2) is 8.36. The summed E-state index contributed by atoms with van der Waals surface area (Å²) in [6.45, 7) is 0.533. The molecule has 1 aromatic heterocycles. The van der Waals surface area contributed by atoms with E-state index in [1.165, 1.54) is 0 Å². The van der Waals surface area contributed by atoms with Crippen molar-refractivity contribution in [2.45, 2.75) is 19.3 Å². The number of aromatic carboxylic acids is 1. The van der Waals surface area contributed by atoms with Gasteiger partial charge in [0.15, 0.2) is 5.69 Å². The molecule has 0 radical (unpaired) electrons. The predicted octanol–water partition coefficient (Wildman–Crippen LogP) is 2.63. The van der Waals surface area contributed by atoms with Gasteiger partial charge in [0.1, 0.15) is 0 Å². The monoisotopic (exact) mass is 299 g/mol. The van der Waals surface area contributed by atoms with E-state index in [0.29, 0.717) is 6.54 Å². The van der Waals surface area contributed by atoms with Crippen LogP contribution in [0.2, 0.25) is 0 Å². The molecule has 0 amide bonds. The van der Waals surface area contributed by atoms with E-state index in [1.54, 1.807) is 11.8 Å². The summed E-state index contributed by atoms with van der Waals surface area (Å²) in [5.74, 6) is -0.102. The van der Waals surface area contributed by atoms with Crippen molar-refractivity contribution in [1.82, 2.24) is 4.98 Å². The Kier molecular flexibility index (Phi) is 6.78. The van der Waals surface area contributed by atoms with Crippen molar-refractivity contribution in [3.8, 4) is 0 Å². The van der Waals surface area contributed by atoms with Gasteiger partial charge in [0.25, 0.3) is 0 Å². The number of nitrogens with zero attached hydrogens (tertiary/aromatic N) is 2. The molecule has 1 heterocycles. The molecular weight excluding hydrogens is 282 g/mol. The van der Waals surface area contributed by atoms with Crippen molar-refractivity contribution in [3.63, 3.8) is 0 Å². The molecule has 0 unspecified atom stereocenters. The van der Waals surface area contributed by atoms with Gasteiger partial charge in [-0.05, 0) is 30.9 Å². The number of carboxylic acids is 1. The lowest BCUT2D eigenvalue weighted by molar-refractivity contribution is -0.384. The Morgan fingerprint density at radius 3 is 2.80 bits per heavy atom. The Hall–Kier alpha value is -1.83. The van der Waals surface area contributed by atoms with Crippen molar-refractivity contribution in [2.24, 2.45) is 0 Å². The molecule has 110 valence electrons. The molecular formula is C12H17N3O4S. The number of hydrogen-bond acceptors (Lipinski definition) is 6. The Morgan fingerprint density at radius 1 is 1.45 bits per heavy atom. The van der Waals surface area contributed by atoms with Gasteiger partial charge in [-0.2, -0.15) is 11.8 Å². The highest BCUT2D eigenvalue weighted by Crippen LogP contribution is 2.22. The lowest BCUT2D eigenvalue weighted by Gasteiger charge is -2.06. The van der Waals surface area contributed by atoms with E-state index in [-0.39, 0.29) is 17.2 Å². The molecule has 0 spiro atoms. The summed E-state index contributed by atoms with van der Waals surface area (Å²) in [5, 5.41) is 22.5. The Bertz CT molecular complexity index is 482. The molecule has 0 aromatic carbocycles. The zero-order chi connectivity index (χ0) is 15.0. The number of rotatable bonds is 9. The molecule has 0 saturated heterocycles. The lowest BCUT2D eigenvalue weighted by Crippen LogP contribution is -2.09. The third-order valence-corrected chi connectivity index (χ3v) is 3.30. The molecule has 8 heteroatoms. The van der Waals surface area contributed by atoms with Gasteiger partial charge in [0.2, 0.25) is 5.82 Å². The highest BCUT2D eigenvalue weighted by molar-refractivity contribution is 7.98. The van der Waals surface area contributed by atoms with Crippen LogP contribution in [0.5, 0.6) is 0 Å². The Labute approximate surface area is 120 Å². The van der Waals surface area contributed by atoms with Crippen LogP contribution in [0.25, 0.3) is 0 Å². The van der Waals surface area contributed by atoms with Gasteiger partial charge >= 0.3 is 11.7 Å². The molecule has 7 nitrogen and oxygen atoms in total. The van der Waals surface area contributed by atoms with E-state index in [0.717, 1.165) is 37.1 Å². The van der Waals surface area contributed by atoms with Crippen molar-refractivity contribution in [3.05, 3.63) is 27.9 Å². The topological polar surface area (TPSA) is 105 Å². The molecule has 1 aromatic rings. The number of unbranched alkanes of at least 4 members (excludes halogenated alkanes) is 2. The van der Waals surface area contributed by atoms with E-state index >= 15 is 0 Å². The molecule has 0 atom stereocenters. The minimum atomic E-state index is -1.21. The smallest absolute Gasteiger partial charge is 0.354 e. The van der Waals surface area contributed by atoms with E-state index in [4.69, 9.17) is 5.11 Å². The van der Waals surface area contributed by atoms with Gasteiger partial charge in [-0.1, -0.05) is 6.42 Å². The van der Waals surface area contributed by atoms with Gasteiger partial charge < -0.3 is 10.4 Å². The summed E-state index contributed by atoms with van der Waals surface area (Å²) in [7, 11) is 0. The van der Waals surface area contributed by atoms with Gasteiger partial charge in [0.05, 0.1) is 4.92 Å². The first-order valence-corrected chi connectivity index (χ1v) is 7.57. The van der Waals surface area contributed by atoms with Crippen LogP contribution in [0.15, 0.2) is 12.1 Å². The first kappa shape index (κ1) is 16.2. The van der Waals surface area contributed by atoms with E-state index in [2.05, 4.69) is 10.3 Å². The third-order valence-electron chi connectivity index (χ3n) is 2.61. The highest BCUT2D eigenvalue weighted by Gasteiger charge is 2.17. The third kappa shape index (κ3) is 5.04. The number of hydrogen-bond donors (Lipinski definition) is 2. The maximum absolute atomic E-state index is 10.9. The van der Waals surface area contributed by atoms with Crippen molar-refractivity contribution in [1.29, 1.82) is 0 Å². The zero-order valence-electron chi connectivity index (χ0n) is 11.2. The summed E-state index contributed by atoms with van der Waals surface area (Å²) in [6.07, 6.45) is 5.01. The fourth-order valence-electron chi connectivity index (χ4n) is 1.60. The molecule has 0 saturated carbocycles. The van der Waals surface area contributed by atoms with E-state index in [1.807, 2.05) is 6.26 Å². The normalized spacial score (nSPS) is 10.2. The first-order valence-electron chi connectivity index (χ1n) is 6.17. The number of carboxylic acid groups (broad SMARTS) is 1. The van der Waals surface area contributed by atoms with Gasteiger partial charge in [-0.3, -0.25) is 10.1 Å². The van der Waals surface area contributed by atoms with Crippen LogP contribution >= 0.6 is 11.8 Å². The quantitative estimate of drug-likeness (QED) is 0.410. The Morgan fingerprint density at radius 2 is 2.20 bits per heavy atom. The molecule has 2 N–H and O–H groups in total. The summed E-state index contributed by atoms with van der Waals surface area (Å²) >= 11 is 1.78. The maximum Gasteiger partial charge on any atom is 0.354 e. The molecule has 0 aliphatic carbocycles. The molecule has 0 bridgehead atoms. The van der Waals surface area contributed by atoms with Gasteiger partial charge in [-0.15, -0.1) is 0 Å². The summed E-state index contributed by atoms with van der Waals surface area (Å²) < 4.78 is 0. The summed E-state index contributed by atoms with van der Waals surface area (Å²) in [5.41, 5.74) is -0.417.